The summed E-state index contributed by atoms with van der Waals surface area (Å²) in [5.41, 5.74) is 0.976. The van der Waals surface area contributed by atoms with Crippen LogP contribution < -0.4 is 0 Å². The maximum absolute atomic E-state index is 10.9. The van der Waals surface area contributed by atoms with Gasteiger partial charge in [-0.25, -0.2) is 4.79 Å². The molecule has 1 fully saturated rings. The normalized spacial score (nSPS) is 22.3. The van der Waals surface area contributed by atoms with Crippen molar-refractivity contribution >= 4 is 5.97 Å². The van der Waals surface area contributed by atoms with Crippen molar-refractivity contribution in [3.8, 4) is 0 Å². The van der Waals surface area contributed by atoms with E-state index in [2.05, 4.69) is 23.8 Å². The number of piperazine rings is 1. The van der Waals surface area contributed by atoms with E-state index in [1.807, 2.05) is 6.92 Å². The van der Waals surface area contributed by atoms with Crippen molar-refractivity contribution in [1.82, 2.24) is 9.80 Å². The maximum atomic E-state index is 10.9. The second-order valence-corrected chi connectivity index (χ2v) is 5.08. The highest BCUT2D eigenvalue weighted by Crippen LogP contribution is 2.19. The van der Waals surface area contributed by atoms with E-state index in [4.69, 9.17) is 9.52 Å². The van der Waals surface area contributed by atoms with Crippen LogP contribution in [-0.2, 0) is 6.54 Å². The Labute approximate surface area is 107 Å². The number of hydrogen-bond acceptors (Lipinski definition) is 4. The highest BCUT2D eigenvalue weighted by molar-refractivity contribution is 5.84. The molecule has 1 unspecified atom stereocenters. The first-order valence-corrected chi connectivity index (χ1v) is 6.22. The number of aromatic carboxylic acids is 1. The molecular formula is C13H20N2O3. The number of rotatable bonds is 3. The minimum Gasteiger partial charge on any atom is -0.475 e. The summed E-state index contributed by atoms with van der Waals surface area (Å²) in [5, 5.41) is 8.90. The van der Waals surface area contributed by atoms with Crippen molar-refractivity contribution in [3.05, 3.63) is 23.2 Å². The Balaban J connectivity index is 2.07. The third-order valence-electron chi connectivity index (χ3n) is 3.57. The molecule has 1 saturated heterocycles. The molecule has 1 aliphatic heterocycles. The predicted molar refractivity (Wildman–Crippen MR) is 67.8 cm³/mol. The Bertz CT molecular complexity index is 441. The van der Waals surface area contributed by atoms with Crippen LogP contribution in [0.25, 0.3) is 0 Å². The number of carboxylic acid groups (broad SMARTS) is 1. The lowest BCUT2D eigenvalue weighted by Crippen LogP contribution is -2.49. The van der Waals surface area contributed by atoms with Gasteiger partial charge < -0.3 is 14.4 Å². The highest BCUT2D eigenvalue weighted by Gasteiger charge is 2.23. The van der Waals surface area contributed by atoms with Crippen LogP contribution >= 0.6 is 0 Å². The van der Waals surface area contributed by atoms with Crippen LogP contribution in [0.1, 0.15) is 28.8 Å². The Morgan fingerprint density at radius 3 is 2.83 bits per heavy atom. The lowest BCUT2D eigenvalue weighted by Gasteiger charge is -2.38. The number of likely N-dealkylation sites (N-methyl/N-ethyl adjacent to an activating group) is 1. The van der Waals surface area contributed by atoms with Gasteiger partial charge in [0.15, 0.2) is 0 Å². The van der Waals surface area contributed by atoms with E-state index in [1.165, 1.54) is 0 Å². The van der Waals surface area contributed by atoms with Crippen molar-refractivity contribution in [2.75, 3.05) is 26.7 Å². The number of hydrogen-bond donors (Lipinski definition) is 1. The lowest BCUT2D eigenvalue weighted by molar-refractivity contribution is 0.0661. The molecule has 1 aromatic rings. The summed E-state index contributed by atoms with van der Waals surface area (Å²) in [6, 6.07) is 2.12. The van der Waals surface area contributed by atoms with E-state index < -0.39 is 5.97 Å². The molecule has 1 aromatic heterocycles. The van der Waals surface area contributed by atoms with Crippen molar-refractivity contribution < 1.29 is 14.3 Å². The molecule has 100 valence electrons. The molecule has 5 nitrogen and oxygen atoms in total. The zero-order valence-electron chi connectivity index (χ0n) is 11.1. The van der Waals surface area contributed by atoms with Crippen LogP contribution in [0, 0.1) is 6.92 Å². The zero-order chi connectivity index (χ0) is 13.3. The number of nitrogens with zero attached hydrogens (tertiary/aromatic N) is 2. The molecule has 2 rings (SSSR count). The average molecular weight is 252 g/mol. The molecule has 0 bridgehead atoms. The predicted octanol–water partition coefficient (Wildman–Crippen LogP) is 1.42. The minimum atomic E-state index is -1.00. The summed E-state index contributed by atoms with van der Waals surface area (Å²) in [6.07, 6.45) is 0. The van der Waals surface area contributed by atoms with Crippen LogP contribution in [0.3, 0.4) is 0 Å². The van der Waals surface area contributed by atoms with Crippen molar-refractivity contribution in [2.24, 2.45) is 0 Å². The fraction of sp³-hybridized carbons (Fsp3) is 0.615. The molecule has 0 aliphatic carbocycles. The van der Waals surface area contributed by atoms with Gasteiger partial charge >= 0.3 is 5.97 Å². The van der Waals surface area contributed by atoms with E-state index in [-0.39, 0.29) is 5.76 Å². The largest absolute Gasteiger partial charge is 0.475 e. The molecule has 0 amide bonds. The Kier molecular flexibility index (Phi) is 3.73. The molecule has 5 heteroatoms. The van der Waals surface area contributed by atoms with Crippen molar-refractivity contribution in [2.45, 2.75) is 26.4 Å². The van der Waals surface area contributed by atoms with Gasteiger partial charge in [0.05, 0.1) is 0 Å². The van der Waals surface area contributed by atoms with Crippen molar-refractivity contribution in [1.29, 1.82) is 0 Å². The van der Waals surface area contributed by atoms with E-state index in [0.717, 1.165) is 31.7 Å². The van der Waals surface area contributed by atoms with Crippen LogP contribution in [0.15, 0.2) is 10.5 Å². The molecule has 1 atom stereocenters. The number of furan rings is 1. The van der Waals surface area contributed by atoms with Gasteiger partial charge in [-0.1, -0.05) is 0 Å². The third-order valence-corrected chi connectivity index (χ3v) is 3.57. The van der Waals surface area contributed by atoms with Gasteiger partial charge in [0.1, 0.15) is 5.76 Å². The highest BCUT2D eigenvalue weighted by atomic mass is 16.4. The smallest absolute Gasteiger partial charge is 0.371 e. The SMILES string of the molecule is Cc1oc(C(=O)O)cc1CN1CCN(C)CC1C. The Morgan fingerprint density at radius 2 is 2.28 bits per heavy atom. The first kappa shape index (κ1) is 13.1. The number of carboxylic acids is 1. The second-order valence-electron chi connectivity index (χ2n) is 5.08. The van der Waals surface area contributed by atoms with Gasteiger partial charge in [0, 0.05) is 37.8 Å². The fourth-order valence-electron chi connectivity index (χ4n) is 2.41. The molecule has 0 radical (unpaired) electrons. The van der Waals surface area contributed by atoms with Crippen LogP contribution in [0.4, 0.5) is 0 Å². The molecule has 0 aromatic carbocycles. The molecule has 0 saturated carbocycles. The third kappa shape index (κ3) is 2.73. The standard InChI is InChI=1S/C13H20N2O3/c1-9-7-14(3)4-5-15(9)8-11-6-12(13(16)17)18-10(11)2/h6,9H,4-5,7-8H2,1-3H3,(H,16,17). The van der Waals surface area contributed by atoms with E-state index in [9.17, 15) is 4.79 Å². The molecule has 18 heavy (non-hydrogen) atoms. The second kappa shape index (κ2) is 5.12. The zero-order valence-corrected chi connectivity index (χ0v) is 11.1. The molecular weight excluding hydrogens is 232 g/mol. The Hall–Kier alpha value is -1.33. The van der Waals surface area contributed by atoms with E-state index in [0.29, 0.717) is 11.8 Å². The fourth-order valence-corrected chi connectivity index (χ4v) is 2.41. The number of carbonyl (C=O) groups is 1. The van der Waals surface area contributed by atoms with Crippen LogP contribution in [0.5, 0.6) is 0 Å². The van der Waals surface area contributed by atoms with Gasteiger partial charge in [-0.15, -0.1) is 0 Å². The summed E-state index contributed by atoms with van der Waals surface area (Å²) in [6.45, 7) is 7.88. The number of aryl methyl sites for hydroxylation is 1. The van der Waals surface area contributed by atoms with E-state index in [1.54, 1.807) is 6.07 Å². The van der Waals surface area contributed by atoms with Gasteiger partial charge in [0.25, 0.3) is 0 Å². The van der Waals surface area contributed by atoms with Crippen LogP contribution in [0.2, 0.25) is 0 Å². The van der Waals surface area contributed by atoms with Crippen molar-refractivity contribution in [3.63, 3.8) is 0 Å². The Morgan fingerprint density at radius 1 is 1.56 bits per heavy atom. The summed E-state index contributed by atoms with van der Waals surface area (Å²) in [4.78, 5) is 15.5. The molecule has 1 N–H and O–H groups in total. The van der Waals surface area contributed by atoms with E-state index >= 15 is 0 Å². The quantitative estimate of drug-likeness (QED) is 0.881. The maximum Gasteiger partial charge on any atom is 0.371 e. The molecule has 1 aliphatic rings. The summed E-state index contributed by atoms with van der Waals surface area (Å²) in [7, 11) is 2.12. The minimum absolute atomic E-state index is 0.0317. The molecule has 0 spiro atoms. The van der Waals surface area contributed by atoms with Gasteiger partial charge in [-0.05, 0) is 27.0 Å². The lowest BCUT2D eigenvalue weighted by atomic mass is 10.1. The van der Waals surface area contributed by atoms with Gasteiger partial charge in [-0.2, -0.15) is 0 Å². The van der Waals surface area contributed by atoms with Gasteiger partial charge in [-0.3, -0.25) is 4.90 Å². The monoisotopic (exact) mass is 252 g/mol. The first-order chi connectivity index (χ1) is 8.47. The van der Waals surface area contributed by atoms with Crippen LogP contribution in [-0.4, -0.2) is 53.6 Å². The molecule has 2 heterocycles. The summed E-state index contributed by atoms with van der Waals surface area (Å²) in [5.74, 6) is -0.265. The summed E-state index contributed by atoms with van der Waals surface area (Å²) >= 11 is 0. The van der Waals surface area contributed by atoms with Gasteiger partial charge in [0.2, 0.25) is 5.76 Å². The topological polar surface area (TPSA) is 56.9 Å². The average Bonchev–Trinajstić information content (AvgIpc) is 2.64. The first-order valence-electron chi connectivity index (χ1n) is 6.22. The summed E-state index contributed by atoms with van der Waals surface area (Å²) < 4.78 is 5.24.